The summed E-state index contributed by atoms with van der Waals surface area (Å²) < 4.78 is 10.5. The van der Waals surface area contributed by atoms with Crippen LogP contribution in [0.2, 0.25) is 0 Å². The van der Waals surface area contributed by atoms with Gasteiger partial charge in [-0.05, 0) is 36.6 Å². The fourth-order valence-corrected chi connectivity index (χ4v) is 2.73. The standard InChI is InChI=1S/C21H28N2O3/c1-16-5-4-6-18(13-16)15-22-11-10-21(24)23-12-9-17-7-8-19(25-2)20(14-17)26-3/h4-8,13-14,22H,9-12,15H2,1-3H3,(H,23,24). The van der Waals surface area contributed by atoms with Gasteiger partial charge in [0.2, 0.25) is 5.91 Å². The highest BCUT2D eigenvalue weighted by molar-refractivity contribution is 5.76. The van der Waals surface area contributed by atoms with Gasteiger partial charge in [-0.25, -0.2) is 0 Å². The Balaban J connectivity index is 1.64. The molecule has 2 rings (SSSR count). The average Bonchev–Trinajstić information content (AvgIpc) is 2.65. The van der Waals surface area contributed by atoms with Crippen molar-refractivity contribution in [2.75, 3.05) is 27.3 Å². The third-order valence-electron chi connectivity index (χ3n) is 4.12. The summed E-state index contributed by atoms with van der Waals surface area (Å²) in [5.41, 5.74) is 3.58. The van der Waals surface area contributed by atoms with E-state index in [2.05, 4.69) is 35.8 Å². The Kier molecular flexibility index (Phi) is 7.96. The van der Waals surface area contributed by atoms with Crippen molar-refractivity contribution in [3.8, 4) is 11.5 Å². The third-order valence-corrected chi connectivity index (χ3v) is 4.12. The van der Waals surface area contributed by atoms with Crippen LogP contribution >= 0.6 is 0 Å². The van der Waals surface area contributed by atoms with Crippen molar-refractivity contribution in [1.29, 1.82) is 0 Å². The molecule has 0 saturated carbocycles. The number of amides is 1. The van der Waals surface area contributed by atoms with Crippen LogP contribution in [0.1, 0.15) is 23.1 Å². The zero-order chi connectivity index (χ0) is 18.8. The molecule has 140 valence electrons. The Morgan fingerprint density at radius 3 is 2.50 bits per heavy atom. The van der Waals surface area contributed by atoms with E-state index in [-0.39, 0.29) is 5.91 Å². The van der Waals surface area contributed by atoms with E-state index in [4.69, 9.17) is 9.47 Å². The lowest BCUT2D eigenvalue weighted by atomic mass is 10.1. The molecule has 5 nitrogen and oxygen atoms in total. The molecule has 0 aliphatic heterocycles. The Morgan fingerprint density at radius 2 is 1.77 bits per heavy atom. The summed E-state index contributed by atoms with van der Waals surface area (Å²) in [6.07, 6.45) is 1.22. The maximum Gasteiger partial charge on any atom is 0.221 e. The molecule has 0 unspecified atom stereocenters. The fourth-order valence-electron chi connectivity index (χ4n) is 2.73. The lowest BCUT2D eigenvalue weighted by Gasteiger charge is -2.10. The normalized spacial score (nSPS) is 10.4. The molecule has 0 fully saturated rings. The molecule has 0 spiro atoms. The molecule has 2 aromatic carbocycles. The topological polar surface area (TPSA) is 59.6 Å². The molecule has 0 aromatic heterocycles. The van der Waals surface area contributed by atoms with Gasteiger partial charge < -0.3 is 20.1 Å². The van der Waals surface area contributed by atoms with Crippen LogP contribution in [0.5, 0.6) is 11.5 Å². The van der Waals surface area contributed by atoms with Gasteiger partial charge in [0.1, 0.15) is 0 Å². The monoisotopic (exact) mass is 356 g/mol. The van der Waals surface area contributed by atoms with E-state index in [0.717, 1.165) is 18.5 Å². The molecule has 5 heteroatoms. The first kappa shape index (κ1) is 19.8. The van der Waals surface area contributed by atoms with Gasteiger partial charge in [-0.15, -0.1) is 0 Å². The lowest BCUT2D eigenvalue weighted by Crippen LogP contribution is -2.29. The highest BCUT2D eigenvalue weighted by atomic mass is 16.5. The molecule has 2 N–H and O–H groups in total. The van der Waals surface area contributed by atoms with Gasteiger partial charge >= 0.3 is 0 Å². The van der Waals surface area contributed by atoms with E-state index in [1.807, 2.05) is 24.3 Å². The molecule has 0 radical (unpaired) electrons. The fraction of sp³-hybridized carbons (Fsp3) is 0.381. The van der Waals surface area contributed by atoms with E-state index in [1.54, 1.807) is 14.2 Å². The highest BCUT2D eigenvalue weighted by Gasteiger charge is 2.05. The zero-order valence-corrected chi connectivity index (χ0v) is 15.8. The summed E-state index contributed by atoms with van der Waals surface area (Å²) in [5.74, 6) is 1.47. The van der Waals surface area contributed by atoms with Gasteiger partial charge in [0, 0.05) is 26.1 Å². The molecule has 0 aliphatic rings. The van der Waals surface area contributed by atoms with E-state index in [0.29, 0.717) is 31.0 Å². The number of methoxy groups -OCH3 is 2. The first-order valence-corrected chi connectivity index (χ1v) is 8.86. The Morgan fingerprint density at radius 1 is 0.962 bits per heavy atom. The molecular formula is C21H28N2O3. The van der Waals surface area contributed by atoms with Crippen LogP contribution in [0.25, 0.3) is 0 Å². The predicted octanol–water partition coefficient (Wildman–Crippen LogP) is 2.85. The molecule has 0 heterocycles. The van der Waals surface area contributed by atoms with Crippen molar-refractivity contribution in [3.63, 3.8) is 0 Å². The number of hydrogen-bond acceptors (Lipinski definition) is 4. The second-order valence-corrected chi connectivity index (χ2v) is 6.21. The molecule has 0 aliphatic carbocycles. The van der Waals surface area contributed by atoms with E-state index in [1.165, 1.54) is 11.1 Å². The summed E-state index contributed by atoms with van der Waals surface area (Å²) in [6.45, 7) is 4.12. The molecular weight excluding hydrogens is 328 g/mol. The number of carbonyl (C=O) groups is 1. The minimum atomic E-state index is 0.0576. The van der Waals surface area contributed by atoms with Gasteiger partial charge in [0.15, 0.2) is 11.5 Å². The maximum atomic E-state index is 11.9. The summed E-state index contributed by atoms with van der Waals surface area (Å²) in [7, 11) is 3.23. The van der Waals surface area contributed by atoms with E-state index < -0.39 is 0 Å². The lowest BCUT2D eigenvalue weighted by molar-refractivity contribution is -0.120. The van der Waals surface area contributed by atoms with E-state index in [9.17, 15) is 4.79 Å². The van der Waals surface area contributed by atoms with Crippen molar-refractivity contribution < 1.29 is 14.3 Å². The van der Waals surface area contributed by atoms with Crippen molar-refractivity contribution in [1.82, 2.24) is 10.6 Å². The number of rotatable bonds is 10. The van der Waals surface area contributed by atoms with Gasteiger partial charge in [-0.2, -0.15) is 0 Å². The molecule has 1 amide bonds. The van der Waals surface area contributed by atoms with Crippen LogP contribution < -0.4 is 20.1 Å². The van der Waals surface area contributed by atoms with Gasteiger partial charge in [0.05, 0.1) is 14.2 Å². The maximum absolute atomic E-state index is 11.9. The van der Waals surface area contributed by atoms with Crippen LogP contribution in [0.4, 0.5) is 0 Å². The summed E-state index contributed by atoms with van der Waals surface area (Å²) in [6, 6.07) is 14.2. The molecule has 26 heavy (non-hydrogen) atoms. The van der Waals surface area contributed by atoms with Gasteiger partial charge in [0.25, 0.3) is 0 Å². The van der Waals surface area contributed by atoms with Crippen LogP contribution in [0, 0.1) is 6.92 Å². The second-order valence-electron chi connectivity index (χ2n) is 6.21. The van der Waals surface area contributed by atoms with Crippen molar-refractivity contribution in [3.05, 3.63) is 59.2 Å². The van der Waals surface area contributed by atoms with Crippen molar-refractivity contribution in [2.24, 2.45) is 0 Å². The number of hydrogen-bond donors (Lipinski definition) is 2. The van der Waals surface area contributed by atoms with E-state index >= 15 is 0 Å². The van der Waals surface area contributed by atoms with Crippen molar-refractivity contribution in [2.45, 2.75) is 26.3 Å². The summed E-state index contributed by atoms with van der Waals surface area (Å²) in [4.78, 5) is 11.9. The molecule has 0 bridgehead atoms. The first-order valence-electron chi connectivity index (χ1n) is 8.86. The smallest absolute Gasteiger partial charge is 0.221 e. The minimum Gasteiger partial charge on any atom is -0.493 e. The van der Waals surface area contributed by atoms with Crippen LogP contribution in [0.15, 0.2) is 42.5 Å². The van der Waals surface area contributed by atoms with Gasteiger partial charge in [-0.3, -0.25) is 4.79 Å². The number of aryl methyl sites for hydroxylation is 1. The molecule has 2 aromatic rings. The van der Waals surface area contributed by atoms with Crippen LogP contribution in [-0.4, -0.2) is 33.2 Å². The predicted molar refractivity (Wildman–Crippen MR) is 104 cm³/mol. The van der Waals surface area contributed by atoms with Crippen LogP contribution in [-0.2, 0) is 17.8 Å². The summed E-state index contributed by atoms with van der Waals surface area (Å²) >= 11 is 0. The van der Waals surface area contributed by atoms with Crippen LogP contribution in [0.3, 0.4) is 0 Å². The Labute approximate surface area is 155 Å². The van der Waals surface area contributed by atoms with Crippen molar-refractivity contribution >= 4 is 5.91 Å². The minimum absolute atomic E-state index is 0.0576. The molecule has 0 saturated heterocycles. The SMILES string of the molecule is COc1ccc(CCNC(=O)CCNCc2cccc(C)c2)cc1OC. The third kappa shape index (κ3) is 6.41. The zero-order valence-electron chi connectivity index (χ0n) is 15.8. The first-order chi connectivity index (χ1) is 12.6. The Hall–Kier alpha value is -2.53. The Bertz CT molecular complexity index is 716. The highest BCUT2D eigenvalue weighted by Crippen LogP contribution is 2.27. The summed E-state index contributed by atoms with van der Waals surface area (Å²) in [5, 5.41) is 6.26. The quantitative estimate of drug-likeness (QED) is 0.643. The number of nitrogens with one attached hydrogen (secondary N) is 2. The largest absolute Gasteiger partial charge is 0.493 e. The average molecular weight is 356 g/mol. The molecule has 0 atom stereocenters. The number of benzene rings is 2. The number of carbonyl (C=O) groups excluding carboxylic acids is 1. The van der Waals surface area contributed by atoms with Gasteiger partial charge in [-0.1, -0.05) is 35.9 Å². The second kappa shape index (κ2) is 10.5. The number of ether oxygens (including phenoxy) is 2.